The fourth-order valence-electron chi connectivity index (χ4n) is 3.66. The Labute approximate surface area is 180 Å². The number of halogens is 2. The monoisotopic (exact) mass is 433 g/mol. The molecule has 2 aromatic rings. The molecule has 168 valence electrons. The molecule has 2 heterocycles. The number of nitrogens with one attached hydrogen (secondary N) is 2. The van der Waals surface area contributed by atoms with Crippen molar-refractivity contribution in [3.8, 4) is 5.75 Å². The maximum absolute atomic E-state index is 12.7. The first kappa shape index (κ1) is 22.6. The number of guanidine groups is 1. The first-order valence-corrected chi connectivity index (χ1v) is 10.5. The van der Waals surface area contributed by atoms with Gasteiger partial charge in [0.05, 0.1) is 5.69 Å². The van der Waals surface area contributed by atoms with Gasteiger partial charge in [-0.2, -0.15) is 8.78 Å². The van der Waals surface area contributed by atoms with Gasteiger partial charge in [-0.25, -0.2) is 0 Å². The molecule has 1 aromatic carbocycles. The first-order chi connectivity index (χ1) is 15.1. The highest BCUT2D eigenvalue weighted by atomic mass is 19.3. The van der Waals surface area contributed by atoms with Crippen molar-refractivity contribution in [2.75, 3.05) is 31.6 Å². The summed E-state index contributed by atoms with van der Waals surface area (Å²) in [5.41, 5.74) is 0.686. The van der Waals surface area contributed by atoms with Gasteiger partial charge in [0.2, 0.25) is 5.56 Å². The first-order valence-electron chi connectivity index (χ1n) is 10.5. The van der Waals surface area contributed by atoms with Gasteiger partial charge in [0.15, 0.2) is 5.96 Å². The lowest BCUT2D eigenvalue weighted by molar-refractivity contribution is -0.0495. The van der Waals surface area contributed by atoms with E-state index in [4.69, 9.17) is 0 Å². The molecule has 31 heavy (non-hydrogen) atoms. The van der Waals surface area contributed by atoms with Gasteiger partial charge in [0, 0.05) is 51.5 Å². The zero-order chi connectivity index (χ0) is 22.1. The summed E-state index contributed by atoms with van der Waals surface area (Å²) in [6.45, 7) is -0.0136. The van der Waals surface area contributed by atoms with E-state index in [-0.39, 0.29) is 17.4 Å². The summed E-state index contributed by atoms with van der Waals surface area (Å²) in [7, 11) is 1.72. The average Bonchev–Trinajstić information content (AvgIpc) is 3.22. The van der Waals surface area contributed by atoms with E-state index in [1.54, 1.807) is 48.1 Å². The second-order valence-corrected chi connectivity index (χ2v) is 7.36. The molecular weight excluding hydrogens is 404 g/mol. The number of nitrogens with zero attached hydrogens (tertiary/aromatic N) is 3. The number of benzene rings is 1. The average molecular weight is 434 g/mol. The van der Waals surface area contributed by atoms with E-state index in [1.807, 2.05) is 17.0 Å². The molecular formula is C22H29F2N5O2. The number of aliphatic imine (C=N–C) groups is 1. The van der Waals surface area contributed by atoms with Crippen molar-refractivity contribution in [1.82, 2.24) is 15.2 Å². The smallest absolute Gasteiger partial charge is 0.387 e. The fourth-order valence-corrected chi connectivity index (χ4v) is 3.66. The van der Waals surface area contributed by atoms with Crippen molar-refractivity contribution < 1.29 is 13.5 Å². The van der Waals surface area contributed by atoms with Gasteiger partial charge < -0.3 is 24.8 Å². The molecule has 1 aliphatic heterocycles. The molecule has 3 rings (SSSR count). The molecule has 1 aromatic heterocycles. The predicted molar refractivity (Wildman–Crippen MR) is 118 cm³/mol. The highest BCUT2D eigenvalue weighted by Crippen LogP contribution is 2.31. The van der Waals surface area contributed by atoms with E-state index in [9.17, 15) is 13.6 Å². The summed E-state index contributed by atoms with van der Waals surface area (Å²) in [6.07, 6.45) is 4.44. The second kappa shape index (κ2) is 11.3. The second-order valence-electron chi connectivity index (χ2n) is 7.36. The molecule has 7 nitrogen and oxygen atoms in total. The molecule has 2 N–H and O–H groups in total. The van der Waals surface area contributed by atoms with Gasteiger partial charge in [-0.15, -0.1) is 0 Å². The number of aryl methyl sites for hydroxylation is 1. The molecule has 1 fully saturated rings. The lowest BCUT2D eigenvalue weighted by Crippen LogP contribution is -2.44. The molecule has 1 saturated heterocycles. The van der Waals surface area contributed by atoms with E-state index in [0.29, 0.717) is 24.7 Å². The summed E-state index contributed by atoms with van der Waals surface area (Å²) in [6, 6.07) is 12.2. The minimum absolute atomic E-state index is 0.0132. The highest BCUT2D eigenvalue weighted by molar-refractivity contribution is 5.80. The summed E-state index contributed by atoms with van der Waals surface area (Å²) < 4.78 is 31.7. The van der Waals surface area contributed by atoms with Crippen LogP contribution in [0, 0.1) is 0 Å². The van der Waals surface area contributed by atoms with Crippen LogP contribution in [0.4, 0.5) is 14.5 Å². The number of alkyl halides is 2. The number of hydrogen-bond donors (Lipinski definition) is 2. The quantitative estimate of drug-likeness (QED) is 0.362. The van der Waals surface area contributed by atoms with Gasteiger partial charge in [-0.1, -0.05) is 18.2 Å². The molecule has 1 unspecified atom stereocenters. The zero-order valence-corrected chi connectivity index (χ0v) is 17.6. The van der Waals surface area contributed by atoms with Crippen LogP contribution in [0.2, 0.25) is 0 Å². The van der Waals surface area contributed by atoms with Crippen LogP contribution in [0.15, 0.2) is 58.4 Å². The molecule has 0 radical (unpaired) electrons. The third kappa shape index (κ3) is 6.70. The van der Waals surface area contributed by atoms with Crippen LogP contribution >= 0.6 is 0 Å². The van der Waals surface area contributed by atoms with Crippen LogP contribution in [0.1, 0.15) is 19.3 Å². The molecule has 0 saturated carbocycles. The Morgan fingerprint density at radius 1 is 1.23 bits per heavy atom. The molecule has 0 amide bonds. The summed E-state index contributed by atoms with van der Waals surface area (Å²) in [4.78, 5) is 18.0. The normalized spacial score (nSPS) is 16.6. The van der Waals surface area contributed by atoms with Gasteiger partial charge in [-0.05, 0) is 37.5 Å². The van der Waals surface area contributed by atoms with Crippen molar-refractivity contribution in [1.29, 1.82) is 0 Å². The van der Waals surface area contributed by atoms with E-state index in [0.717, 1.165) is 32.4 Å². The number of anilines is 1. The standard InChI is InChI=1S/C22H29F2N5O2/c1-25-22(26-12-5-7-14-28-13-6-4-10-20(28)30)27-17-11-15-29(16-17)18-8-2-3-9-19(18)31-21(23)24/h2-4,6,8-10,13,17,21H,5,7,11-12,14-16H2,1H3,(H2,25,26,27). The Balaban J connectivity index is 1.42. The van der Waals surface area contributed by atoms with Gasteiger partial charge in [-0.3, -0.25) is 9.79 Å². The van der Waals surface area contributed by atoms with Gasteiger partial charge in [0.25, 0.3) is 0 Å². The lowest BCUT2D eigenvalue weighted by atomic mass is 10.2. The number of aromatic nitrogens is 1. The Hall–Kier alpha value is -3.10. The number of unbranched alkanes of at least 4 members (excludes halogenated alkanes) is 1. The molecule has 1 atom stereocenters. The molecule has 0 aliphatic carbocycles. The minimum atomic E-state index is -2.85. The number of rotatable bonds is 9. The zero-order valence-electron chi connectivity index (χ0n) is 17.6. The SMILES string of the molecule is CN=C(NCCCCn1ccccc1=O)NC1CCN(c2ccccc2OC(F)F)C1. The summed E-state index contributed by atoms with van der Waals surface area (Å²) in [5, 5.41) is 6.69. The summed E-state index contributed by atoms with van der Waals surface area (Å²) in [5.74, 6) is 0.902. The number of para-hydroxylation sites is 2. The van der Waals surface area contributed by atoms with Crippen LogP contribution in [-0.4, -0.2) is 49.9 Å². The van der Waals surface area contributed by atoms with E-state index >= 15 is 0 Å². The maximum Gasteiger partial charge on any atom is 0.387 e. The number of pyridine rings is 1. The Morgan fingerprint density at radius 3 is 2.81 bits per heavy atom. The number of hydrogen-bond acceptors (Lipinski definition) is 4. The van der Waals surface area contributed by atoms with E-state index in [2.05, 4.69) is 20.4 Å². The van der Waals surface area contributed by atoms with Crippen LogP contribution in [0.5, 0.6) is 5.75 Å². The van der Waals surface area contributed by atoms with Gasteiger partial charge >= 0.3 is 6.61 Å². The highest BCUT2D eigenvalue weighted by Gasteiger charge is 2.25. The number of ether oxygens (including phenoxy) is 1. The summed E-state index contributed by atoms with van der Waals surface area (Å²) >= 11 is 0. The van der Waals surface area contributed by atoms with Crippen molar-refractivity contribution in [2.24, 2.45) is 4.99 Å². The Morgan fingerprint density at radius 2 is 2.03 bits per heavy atom. The third-order valence-corrected chi connectivity index (χ3v) is 5.19. The van der Waals surface area contributed by atoms with Crippen molar-refractivity contribution >= 4 is 11.6 Å². The molecule has 1 aliphatic rings. The lowest BCUT2D eigenvalue weighted by Gasteiger charge is -2.22. The molecule has 0 bridgehead atoms. The Bertz CT molecular complexity index is 919. The largest absolute Gasteiger partial charge is 0.433 e. The van der Waals surface area contributed by atoms with Crippen LogP contribution < -0.4 is 25.8 Å². The third-order valence-electron chi connectivity index (χ3n) is 5.19. The molecule has 0 spiro atoms. The minimum Gasteiger partial charge on any atom is -0.433 e. The van der Waals surface area contributed by atoms with Gasteiger partial charge in [0.1, 0.15) is 5.75 Å². The van der Waals surface area contributed by atoms with E-state index in [1.165, 1.54) is 0 Å². The van der Waals surface area contributed by atoms with E-state index < -0.39 is 6.61 Å². The predicted octanol–water partition coefficient (Wildman–Crippen LogP) is 2.67. The fraction of sp³-hybridized carbons (Fsp3) is 0.455. The topological polar surface area (TPSA) is 70.9 Å². The van der Waals surface area contributed by atoms with Crippen LogP contribution in [0.25, 0.3) is 0 Å². The van der Waals surface area contributed by atoms with Crippen LogP contribution in [0.3, 0.4) is 0 Å². The maximum atomic E-state index is 12.7. The Kier molecular flexibility index (Phi) is 8.26. The van der Waals surface area contributed by atoms with Crippen molar-refractivity contribution in [3.63, 3.8) is 0 Å². The van der Waals surface area contributed by atoms with Crippen LogP contribution in [-0.2, 0) is 6.54 Å². The van der Waals surface area contributed by atoms with Crippen molar-refractivity contribution in [2.45, 2.75) is 38.5 Å². The molecule has 9 heteroatoms. The van der Waals surface area contributed by atoms with Crippen molar-refractivity contribution in [3.05, 3.63) is 59.0 Å².